The predicted molar refractivity (Wildman–Crippen MR) is 152 cm³/mol. The van der Waals surface area contributed by atoms with E-state index in [1.54, 1.807) is 31.2 Å². The number of aliphatic hydroxyl groups is 7. The van der Waals surface area contributed by atoms with Crippen molar-refractivity contribution in [2.75, 3.05) is 33.5 Å². The molecule has 2 fully saturated rings. The minimum atomic E-state index is -1.92. The smallest absolute Gasteiger partial charge is 0.229 e. The van der Waals surface area contributed by atoms with Crippen molar-refractivity contribution in [3.05, 3.63) is 47.5 Å². The van der Waals surface area contributed by atoms with E-state index < -0.39 is 80.7 Å². The minimum Gasteiger partial charge on any atom is -0.507 e. The van der Waals surface area contributed by atoms with E-state index in [1.807, 2.05) is 0 Å². The molecule has 0 saturated carbocycles. The Morgan fingerprint density at radius 2 is 1.78 bits per heavy atom. The number of ether oxygens (including phenoxy) is 7. The number of hydrogen-bond acceptors (Lipinski definition) is 15. The van der Waals surface area contributed by atoms with Crippen LogP contribution in [0.4, 0.5) is 0 Å². The van der Waals surface area contributed by atoms with Gasteiger partial charge >= 0.3 is 0 Å². The van der Waals surface area contributed by atoms with Gasteiger partial charge in [0.05, 0.1) is 33.5 Å². The molecule has 0 spiro atoms. The summed E-state index contributed by atoms with van der Waals surface area (Å²) in [5, 5.41) is 81.1. The van der Waals surface area contributed by atoms with Crippen molar-refractivity contribution in [2.45, 2.75) is 67.8 Å². The molecule has 45 heavy (non-hydrogen) atoms. The molecule has 0 aromatic heterocycles. The highest BCUT2D eigenvalue weighted by molar-refractivity contribution is 5.63. The largest absolute Gasteiger partial charge is 0.507 e. The van der Waals surface area contributed by atoms with E-state index in [1.165, 1.54) is 25.3 Å². The Morgan fingerprint density at radius 3 is 2.44 bits per heavy atom. The first kappa shape index (κ1) is 33.2. The number of rotatable bonds is 10. The Kier molecular flexibility index (Phi) is 10.0. The van der Waals surface area contributed by atoms with Gasteiger partial charge in [0.25, 0.3) is 0 Å². The number of aromatic hydroxyl groups is 1. The third kappa shape index (κ3) is 6.69. The first-order valence-corrected chi connectivity index (χ1v) is 14.3. The van der Waals surface area contributed by atoms with Gasteiger partial charge in [-0.3, -0.25) is 0 Å². The monoisotopic (exact) mass is 638 g/mol. The Labute approximate surface area is 257 Å². The third-order valence-corrected chi connectivity index (χ3v) is 7.90. The molecular weight excluding hydrogens is 600 g/mol. The Balaban J connectivity index is 1.28. The fraction of sp³-hybridized carbons (Fsp3) is 0.533. The van der Waals surface area contributed by atoms with Gasteiger partial charge in [-0.25, -0.2) is 0 Å². The summed E-state index contributed by atoms with van der Waals surface area (Å²) in [6, 6.07) is 7.74. The summed E-state index contributed by atoms with van der Waals surface area (Å²) in [5.74, 6) is 1.01. The normalized spacial score (nSPS) is 34.6. The molecule has 3 aliphatic rings. The van der Waals surface area contributed by atoms with Gasteiger partial charge < -0.3 is 74.0 Å². The second-order valence-corrected chi connectivity index (χ2v) is 11.1. The molecule has 3 aliphatic heterocycles. The fourth-order valence-corrected chi connectivity index (χ4v) is 5.28. The lowest BCUT2D eigenvalue weighted by atomic mass is 9.99. The lowest BCUT2D eigenvalue weighted by Crippen LogP contribution is -2.60. The molecule has 0 aliphatic carbocycles. The van der Waals surface area contributed by atoms with Crippen molar-refractivity contribution in [2.24, 2.45) is 0 Å². The summed E-state index contributed by atoms with van der Waals surface area (Å²) in [6.07, 6.45) is -8.78. The number of fused-ring (bicyclic) bond motifs is 1. The maximum Gasteiger partial charge on any atom is 0.229 e. The lowest BCUT2D eigenvalue weighted by Gasteiger charge is -2.40. The van der Waals surface area contributed by atoms with Gasteiger partial charge in [0.15, 0.2) is 23.9 Å². The van der Waals surface area contributed by atoms with Gasteiger partial charge in [-0.2, -0.15) is 0 Å². The van der Waals surface area contributed by atoms with E-state index in [9.17, 15) is 35.7 Å². The van der Waals surface area contributed by atoms with Crippen LogP contribution >= 0.6 is 0 Å². The first-order chi connectivity index (χ1) is 21.5. The molecule has 0 radical (unpaired) electrons. The number of methoxy groups -OCH3 is 1. The van der Waals surface area contributed by atoms with Crippen molar-refractivity contribution < 1.29 is 74.0 Å². The zero-order valence-corrected chi connectivity index (χ0v) is 24.5. The van der Waals surface area contributed by atoms with Crippen LogP contribution in [0.5, 0.6) is 28.7 Å². The molecule has 2 aromatic rings. The van der Waals surface area contributed by atoms with Crippen molar-refractivity contribution in [3.8, 4) is 28.7 Å². The van der Waals surface area contributed by atoms with Crippen LogP contribution in [0, 0.1) is 0 Å². The van der Waals surface area contributed by atoms with Gasteiger partial charge in [-0.05, 0) is 36.8 Å². The Morgan fingerprint density at radius 1 is 1.00 bits per heavy atom. The zero-order chi connectivity index (χ0) is 32.5. The van der Waals surface area contributed by atoms with Crippen LogP contribution in [0.1, 0.15) is 24.2 Å². The van der Waals surface area contributed by atoms with E-state index in [4.69, 9.17) is 38.3 Å². The molecule has 0 amide bonds. The molecule has 15 nitrogen and oxygen atoms in total. The molecule has 10 unspecified atom stereocenters. The minimum absolute atomic E-state index is 0.0500. The molecule has 0 bridgehead atoms. The summed E-state index contributed by atoms with van der Waals surface area (Å²) in [6.45, 7) is 0.00652. The van der Waals surface area contributed by atoms with Crippen molar-refractivity contribution in [1.82, 2.24) is 0 Å². The van der Waals surface area contributed by atoms with Crippen LogP contribution in [0.3, 0.4) is 0 Å². The quantitative estimate of drug-likeness (QED) is 0.155. The third-order valence-electron chi connectivity index (χ3n) is 7.90. The van der Waals surface area contributed by atoms with Crippen LogP contribution in [0.15, 0.2) is 36.4 Å². The summed E-state index contributed by atoms with van der Waals surface area (Å²) in [5.41, 5.74) is -0.860. The van der Waals surface area contributed by atoms with Crippen LogP contribution in [0.25, 0.3) is 6.08 Å². The average Bonchev–Trinajstić information content (AvgIpc) is 3.32. The summed E-state index contributed by atoms with van der Waals surface area (Å²) in [4.78, 5) is 0. The van der Waals surface area contributed by atoms with Gasteiger partial charge in [0.2, 0.25) is 12.0 Å². The van der Waals surface area contributed by atoms with Gasteiger partial charge in [0, 0.05) is 11.6 Å². The van der Waals surface area contributed by atoms with Crippen molar-refractivity contribution >= 4 is 6.08 Å². The van der Waals surface area contributed by atoms with E-state index in [-0.39, 0.29) is 18.1 Å². The summed E-state index contributed by atoms with van der Waals surface area (Å²) >= 11 is 0. The van der Waals surface area contributed by atoms with E-state index >= 15 is 0 Å². The Bertz CT molecular complexity index is 1350. The highest BCUT2D eigenvalue weighted by atomic mass is 16.7. The highest BCUT2D eigenvalue weighted by Crippen LogP contribution is 2.47. The molecule has 8 N–H and O–H groups in total. The van der Waals surface area contributed by atoms with E-state index in [0.717, 1.165) is 0 Å². The molecule has 15 heteroatoms. The van der Waals surface area contributed by atoms with E-state index in [2.05, 4.69) is 0 Å². The highest BCUT2D eigenvalue weighted by Gasteiger charge is 2.50. The number of benzene rings is 2. The van der Waals surface area contributed by atoms with E-state index in [0.29, 0.717) is 28.4 Å². The van der Waals surface area contributed by atoms with Crippen LogP contribution in [-0.4, -0.2) is 129 Å². The van der Waals surface area contributed by atoms with Gasteiger partial charge in [0.1, 0.15) is 53.7 Å². The van der Waals surface area contributed by atoms with Crippen molar-refractivity contribution in [3.63, 3.8) is 0 Å². The van der Waals surface area contributed by atoms with Gasteiger partial charge in [-0.15, -0.1) is 0 Å². The molecule has 248 valence electrons. The van der Waals surface area contributed by atoms with Crippen LogP contribution in [0.2, 0.25) is 0 Å². The lowest BCUT2D eigenvalue weighted by molar-refractivity contribution is -0.289. The predicted octanol–water partition coefficient (Wildman–Crippen LogP) is -1.05. The summed E-state index contributed by atoms with van der Waals surface area (Å²) < 4.78 is 39.7. The van der Waals surface area contributed by atoms with Crippen LogP contribution in [-0.2, 0) is 14.2 Å². The van der Waals surface area contributed by atoms with Crippen LogP contribution < -0.4 is 18.9 Å². The molecule has 3 heterocycles. The topological polar surface area (TPSA) is 226 Å². The molecular formula is C30H38O15. The maximum absolute atomic E-state index is 10.9. The molecule has 2 aromatic carbocycles. The SMILES string of the molecule is COc1cc(C=CCO)cc2c1OC(C)C(c1ccc(OC3OC(COC4OCC(O)(CO)C4O)C(O)C(O)C3O)cc1O)O2. The molecule has 10 atom stereocenters. The molecule has 5 rings (SSSR count). The standard InChI is InChI=1S/C30H38O15/c1-14-25(44-20-9-15(4-3-7-31)8-19(39-2)26(20)42-14)17-6-5-16(10-18(17)33)43-28-24(36)23(35)22(34)21(45-28)11-40-29-27(37)30(38,12-32)13-41-29/h3-6,8-10,14,21-25,27-29,31-38H,7,11-13H2,1-2H3. The summed E-state index contributed by atoms with van der Waals surface area (Å²) in [7, 11) is 1.49. The Hall–Kier alpha value is -3.22. The number of phenolic OH excluding ortho intramolecular Hbond substituents is 1. The molecule has 2 saturated heterocycles. The zero-order valence-electron chi connectivity index (χ0n) is 24.5. The first-order valence-electron chi connectivity index (χ1n) is 14.3. The second-order valence-electron chi connectivity index (χ2n) is 11.1. The number of hydrogen-bond donors (Lipinski definition) is 8. The second kappa shape index (κ2) is 13.6. The fourth-order valence-electron chi connectivity index (χ4n) is 5.28. The number of aliphatic hydroxyl groups excluding tert-OH is 6. The number of phenols is 1. The average molecular weight is 639 g/mol. The van der Waals surface area contributed by atoms with Gasteiger partial charge in [-0.1, -0.05) is 12.2 Å². The van der Waals surface area contributed by atoms with Crippen molar-refractivity contribution in [1.29, 1.82) is 0 Å². The maximum atomic E-state index is 10.9.